The highest BCUT2D eigenvalue weighted by atomic mass is 15.1. The average Bonchev–Trinajstić information content (AvgIpc) is 3.76. The van der Waals surface area contributed by atoms with Crippen molar-refractivity contribution in [2.45, 2.75) is 0 Å². The number of aromatic nitrogens is 1. The molecule has 1 aromatic heterocycles. The lowest BCUT2D eigenvalue weighted by molar-refractivity contribution is 1.19. The monoisotopic (exact) mass is 864 g/mol. The van der Waals surface area contributed by atoms with E-state index in [1.54, 1.807) is 0 Å². The van der Waals surface area contributed by atoms with Crippen LogP contribution in [0.4, 0.5) is 17.1 Å². The first-order valence-electron chi connectivity index (χ1n) is 23.4. The summed E-state index contributed by atoms with van der Waals surface area (Å²) >= 11 is 0. The van der Waals surface area contributed by atoms with Crippen molar-refractivity contribution in [3.63, 3.8) is 0 Å². The number of fused-ring (bicyclic) bond motifs is 7. The van der Waals surface area contributed by atoms with Crippen molar-refractivity contribution in [3.8, 4) is 50.2 Å². The quantitative estimate of drug-likeness (QED) is 0.148. The van der Waals surface area contributed by atoms with Gasteiger partial charge < -0.3 is 9.47 Å². The molecule has 0 aliphatic rings. The van der Waals surface area contributed by atoms with E-state index in [1.807, 2.05) is 0 Å². The van der Waals surface area contributed by atoms with Crippen LogP contribution in [0.25, 0.3) is 104 Å². The van der Waals surface area contributed by atoms with E-state index in [1.165, 1.54) is 93.1 Å². The first-order valence-corrected chi connectivity index (χ1v) is 23.4. The summed E-state index contributed by atoms with van der Waals surface area (Å²) in [5, 5.41) is 9.92. The predicted molar refractivity (Wildman–Crippen MR) is 290 cm³/mol. The molecule has 0 aliphatic carbocycles. The minimum atomic E-state index is 1.08. The van der Waals surface area contributed by atoms with Gasteiger partial charge in [-0.2, -0.15) is 0 Å². The van der Waals surface area contributed by atoms with E-state index in [-0.39, 0.29) is 0 Å². The summed E-state index contributed by atoms with van der Waals surface area (Å²) in [5.74, 6) is 0. The Morgan fingerprint density at radius 3 is 1.49 bits per heavy atom. The summed E-state index contributed by atoms with van der Waals surface area (Å²) in [6.07, 6.45) is 0. The molecule has 12 aromatic carbocycles. The van der Waals surface area contributed by atoms with E-state index in [9.17, 15) is 0 Å². The van der Waals surface area contributed by atoms with Crippen molar-refractivity contribution in [1.82, 2.24) is 4.57 Å². The van der Waals surface area contributed by atoms with Crippen molar-refractivity contribution in [1.29, 1.82) is 0 Å². The molecule has 0 fully saturated rings. The van der Waals surface area contributed by atoms with Crippen molar-refractivity contribution < 1.29 is 0 Å². The van der Waals surface area contributed by atoms with Gasteiger partial charge in [-0.3, -0.25) is 0 Å². The minimum absolute atomic E-state index is 1.08. The fourth-order valence-electron chi connectivity index (χ4n) is 10.5. The van der Waals surface area contributed by atoms with Gasteiger partial charge in [-0.05, 0) is 109 Å². The summed E-state index contributed by atoms with van der Waals surface area (Å²) in [7, 11) is 0. The summed E-state index contributed by atoms with van der Waals surface area (Å²) in [4.78, 5) is 2.40. The van der Waals surface area contributed by atoms with Gasteiger partial charge in [0.2, 0.25) is 0 Å². The van der Waals surface area contributed by atoms with Gasteiger partial charge in [-0.15, -0.1) is 0 Å². The van der Waals surface area contributed by atoms with Gasteiger partial charge in [-0.25, -0.2) is 0 Å². The number of hydrogen-bond donors (Lipinski definition) is 0. The topological polar surface area (TPSA) is 8.17 Å². The van der Waals surface area contributed by atoms with Crippen LogP contribution in [0.5, 0.6) is 0 Å². The highest BCUT2D eigenvalue weighted by molar-refractivity contribution is 6.19. The molecule has 318 valence electrons. The molecular weight excluding hydrogens is 821 g/mol. The summed E-state index contributed by atoms with van der Waals surface area (Å²) in [6.45, 7) is 0. The van der Waals surface area contributed by atoms with E-state index >= 15 is 0 Å². The van der Waals surface area contributed by atoms with Crippen LogP contribution < -0.4 is 4.90 Å². The lowest BCUT2D eigenvalue weighted by Gasteiger charge is -2.28. The molecule has 0 N–H and O–H groups in total. The maximum Gasteiger partial charge on any atom is 0.0619 e. The van der Waals surface area contributed by atoms with E-state index < -0.39 is 0 Å². The van der Waals surface area contributed by atoms with Crippen LogP contribution in [0.3, 0.4) is 0 Å². The molecule has 0 atom stereocenters. The lowest BCUT2D eigenvalue weighted by Crippen LogP contribution is -2.11. The van der Waals surface area contributed by atoms with E-state index in [4.69, 9.17) is 0 Å². The molecule has 0 bridgehead atoms. The Labute approximate surface area is 395 Å². The number of benzene rings is 12. The van der Waals surface area contributed by atoms with Crippen LogP contribution in [-0.2, 0) is 0 Å². The van der Waals surface area contributed by atoms with E-state index in [2.05, 4.69) is 276 Å². The number of hydrogen-bond acceptors (Lipinski definition) is 1. The molecule has 1 heterocycles. The average molecular weight is 865 g/mol. The second kappa shape index (κ2) is 16.5. The van der Waals surface area contributed by atoms with Gasteiger partial charge in [0, 0.05) is 38.7 Å². The molecule has 13 rings (SSSR count). The summed E-state index contributed by atoms with van der Waals surface area (Å²) in [6, 6.07) is 97.5. The summed E-state index contributed by atoms with van der Waals surface area (Å²) in [5.41, 5.74) is 16.4. The molecule has 2 heteroatoms. The van der Waals surface area contributed by atoms with Crippen molar-refractivity contribution in [2.75, 3.05) is 4.90 Å². The molecule has 0 saturated heterocycles. The van der Waals surface area contributed by atoms with Gasteiger partial charge in [0.25, 0.3) is 0 Å². The zero-order valence-corrected chi connectivity index (χ0v) is 37.3. The molecule has 2 nitrogen and oxygen atoms in total. The van der Waals surface area contributed by atoms with Crippen molar-refractivity contribution >= 4 is 71.2 Å². The molecule has 0 amide bonds. The summed E-state index contributed by atoms with van der Waals surface area (Å²) < 4.78 is 2.50. The second-order valence-electron chi connectivity index (χ2n) is 17.7. The van der Waals surface area contributed by atoms with E-state index in [0.29, 0.717) is 0 Å². The maximum atomic E-state index is 2.50. The molecule has 13 aromatic rings. The number of anilines is 3. The standard InChI is InChI=1S/C66H44N2/c1-2-15-48(16-3-1)58-23-10-12-27-63(58)67(54-38-33-46(34-39-54)45-29-31-50(32-30-45)57-26-14-21-47-17-6-8-22-56(47)57)55-40-35-51(36-41-55)62-43-52-19-4-5-20-53(52)44-65(62)68-64-28-13-11-25-60(64)61-42-37-49-18-7-9-24-59(49)66(61)68/h1-44H. The third kappa shape index (κ3) is 6.73. The fourth-order valence-corrected chi connectivity index (χ4v) is 10.5. The van der Waals surface area contributed by atoms with Gasteiger partial charge >= 0.3 is 0 Å². The molecule has 0 unspecified atom stereocenters. The normalized spacial score (nSPS) is 11.5. The van der Waals surface area contributed by atoms with Crippen molar-refractivity contribution in [2.24, 2.45) is 0 Å². The van der Waals surface area contributed by atoms with Gasteiger partial charge in [0.1, 0.15) is 0 Å². The third-order valence-electron chi connectivity index (χ3n) is 13.8. The minimum Gasteiger partial charge on any atom is -0.310 e. The van der Waals surface area contributed by atoms with Crippen LogP contribution >= 0.6 is 0 Å². The van der Waals surface area contributed by atoms with Gasteiger partial charge in [-0.1, -0.05) is 218 Å². The Hall–Kier alpha value is -8.98. The van der Waals surface area contributed by atoms with Gasteiger partial charge in [0.15, 0.2) is 0 Å². The number of rotatable bonds is 8. The molecule has 68 heavy (non-hydrogen) atoms. The Balaban J connectivity index is 0.936. The fraction of sp³-hybridized carbons (Fsp3) is 0. The SMILES string of the molecule is c1ccc(-c2ccccc2N(c2ccc(-c3ccc(-c4cccc5ccccc45)cc3)cc2)c2ccc(-c3cc4ccccc4cc3-n3c4ccccc4c4ccc5ccccc5c43)cc2)cc1. The number of para-hydroxylation sites is 2. The zero-order chi connectivity index (χ0) is 45.0. The predicted octanol–water partition coefficient (Wildman–Crippen LogP) is 18.4. The van der Waals surface area contributed by atoms with Crippen LogP contribution in [-0.4, -0.2) is 4.57 Å². The number of nitrogens with zero attached hydrogens (tertiary/aromatic N) is 2. The first-order chi connectivity index (χ1) is 33.7. The van der Waals surface area contributed by atoms with Crippen LogP contribution in [0, 0.1) is 0 Å². The largest absolute Gasteiger partial charge is 0.310 e. The van der Waals surface area contributed by atoms with E-state index in [0.717, 1.165) is 28.3 Å². The van der Waals surface area contributed by atoms with Gasteiger partial charge in [0.05, 0.1) is 22.4 Å². The van der Waals surface area contributed by atoms with Crippen LogP contribution in [0.2, 0.25) is 0 Å². The maximum absolute atomic E-state index is 2.50. The second-order valence-corrected chi connectivity index (χ2v) is 17.7. The molecule has 0 saturated carbocycles. The Kier molecular flexibility index (Phi) is 9.54. The smallest absolute Gasteiger partial charge is 0.0619 e. The lowest BCUT2D eigenvalue weighted by atomic mass is 9.96. The first kappa shape index (κ1) is 39.4. The molecule has 0 radical (unpaired) electrons. The highest BCUT2D eigenvalue weighted by Crippen LogP contribution is 2.44. The zero-order valence-electron chi connectivity index (χ0n) is 37.3. The molecule has 0 spiro atoms. The Bertz CT molecular complexity index is 3990. The molecule has 0 aliphatic heterocycles. The molecular formula is C66H44N2. The Morgan fingerprint density at radius 2 is 0.750 bits per heavy atom. The van der Waals surface area contributed by atoms with Crippen LogP contribution in [0.15, 0.2) is 267 Å². The Morgan fingerprint density at radius 1 is 0.265 bits per heavy atom. The van der Waals surface area contributed by atoms with Crippen LogP contribution in [0.1, 0.15) is 0 Å². The van der Waals surface area contributed by atoms with Crippen molar-refractivity contribution in [3.05, 3.63) is 267 Å². The third-order valence-corrected chi connectivity index (χ3v) is 13.8. The highest BCUT2D eigenvalue weighted by Gasteiger charge is 2.21.